The summed E-state index contributed by atoms with van der Waals surface area (Å²) in [5.41, 5.74) is 2.69. The molecule has 0 saturated carbocycles. The highest BCUT2D eigenvalue weighted by molar-refractivity contribution is 5.39. The number of methoxy groups -OCH3 is 1. The van der Waals surface area contributed by atoms with Gasteiger partial charge in [0.05, 0.1) is 19.2 Å². The largest absolute Gasteiger partial charge is 0.497 e. The predicted octanol–water partition coefficient (Wildman–Crippen LogP) is 1.73. The maximum atomic E-state index is 5.30. The number of ether oxygens (including phenoxy) is 1. The molecule has 1 N–H and O–H groups in total. The van der Waals surface area contributed by atoms with E-state index in [0.717, 1.165) is 18.6 Å². The number of nitrogens with one attached hydrogen (secondary N) is 1. The zero-order chi connectivity index (χ0) is 13.2. The monoisotopic (exact) mass is 258 g/mol. The first-order valence-electron chi connectivity index (χ1n) is 6.51. The van der Waals surface area contributed by atoms with E-state index < -0.39 is 0 Å². The van der Waals surface area contributed by atoms with Gasteiger partial charge >= 0.3 is 0 Å². The summed E-state index contributed by atoms with van der Waals surface area (Å²) in [5.74, 6) is 0.924. The maximum absolute atomic E-state index is 5.30. The highest BCUT2D eigenvalue weighted by Crippen LogP contribution is 2.38. The molecule has 0 aliphatic heterocycles. The third kappa shape index (κ3) is 2.10. The van der Waals surface area contributed by atoms with E-state index in [1.165, 1.54) is 11.1 Å². The third-order valence-corrected chi connectivity index (χ3v) is 3.87. The van der Waals surface area contributed by atoms with Crippen LogP contribution < -0.4 is 10.1 Å². The first kappa shape index (κ1) is 12.2. The van der Waals surface area contributed by atoms with Crippen LogP contribution in [0.2, 0.25) is 0 Å². The van der Waals surface area contributed by atoms with Crippen LogP contribution in [0.1, 0.15) is 29.6 Å². The minimum atomic E-state index is 0.261. The molecule has 0 saturated heterocycles. The Morgan fingerprint density at radius 3 is 3.00 bits per heavy atom. The molecule has 2 unspecified atom stereocenters. The van der Waals surface area contributed by atoms with Gasteiger partial charge in [0.1, 0.15) is 18.4 Å². The van der Waals surface area contributed by atoms with E-state index in [1.807, 2.05) is 17.8 Å². The predicted molar refractivity (Wildman–Crippen MR) is 72.2 cm³/mol. The third-order valence-electron chi connectivity index (χ3n) is 3.87. The van der Waals surface area contributed by atoms with Gasteiger partial charge in [0.2, 0.25) is 0 Å². The molecule has 2 aromatic rings. The van der Waals surface area contributed by atoms with E-state index in [1.54, 1.807) is 19.8 Å². The smallest absolute Gasteiger partial charge is 0.137 e. The Labute approximate surface area is 112 Å². The van der Waals surface area contributed by atoms with E-state index in [4.69, 9.17) is 4.74 Å². The van der Waals surface area contributed by atoms with Crippen LogP contribution in [0.4, 0.5) is 0 Å². The molecular formula is C14H18N4O. The summed E-state index contributed by atoms with van der Waals surface area (Å²) in [7, 11) is 3.70. The maximum Gasteiger partial charge on any atom is 0.137 e. The molecule has 3 rings (SSSR count). The highest BCUT2D eigenvalue weighted by Gasteiger charge is 2.30. The topological polar surface area (TPSA) is 52.0 Å². The van der Waals surface area contributed by atoms with Crippen molar-refractivity contribution < 1.29 is 4.74 Å². The van der Waals surface area contributed by atoms with Crippen molar-refractivity contribution in [3.05, 3.63) is 42.0 Å². The highest BCUT2D eigenvalue weighted by atomic mass is 16.5. The van der Waals surface area contributed by atoms with E-state index in [0.29, 0.717) is 6.04 Å². The SMILES string of the molecule is CNC1c2ccc(OC)cc2CCC1n1cncn1. The fraction of sp³-hybridized carbons (Fsp3) is 0.429. The molecule has 1 heterocycles. The molecule has 0 amide bonds. The molecule has 0 bridgehead atoms. The van der Waals surface area contributed by atoms with Crippen molar-refractivity contribution in [2.75, 3.05) is 14.2 Å². The Morgan fingerprint density at radius 2 is 2.32 bits per heavy atom. The fourth-order valence-corrected chi connectivity index (χ4v) is 2.93. The van der Waals surface area contributed by atoms with E-state index in [-0.39, 0.29) is 6.04 Å². The second-order valence-electron chi connectivity index (χ2n) is 4.81. The second kappa shape index (κ2) is 5.01. The molecule has 1 aliphatic carbocycles. The lowest BCUT2D eigenvalue weighted by atomic mass is 9.84. The van der Waals surface area contributed by atoms with Crippen LogP contribution in [0, 0.1) is 0 Å². The number of aromatic nitrogens is 3. The van der Waals surface area contributed by atoms with Gasteiger partial charge in [-0.2, -0.15) is 5.10 Å². The van der Waals surface area contributed by atoms with Gasteiger partial charge in [-0.05, 0) is 43.1 Å². The van der Waals surface area contributed by atoms with Crippen LogP contribution in [0.3, 0.4) is 0 Å². The number of nitrogens with zero attached hydrogens (tertiary/aromatic N) is 3. The van der Waals surface area contributed by atoms with Gasteiger partial charge in [-0.3, -0.25) is 0 Å². The Hall–Kier alpha value is -1.88. The molecule has 2 atom stereocenters. The summed E-state index contributed by atoms with van der Waals surface area (Å²) in [6.07, 6.45) is 5.48. The Morgan fingerprint density at radius 1 is 1.42 bits per heavy atom. The summed E-state index contributed by atoms with van der Waals surface area (Å²) < 4.78 is 7.25. The van der Waals surface area contributed by atoms with Gasteiger partial charge < -0.3 is 10.1 Å². The Balaban J connectivity index is 1.98. The number of fused-ring (bicyclic) bond motifs is 1. The molecule has 5 nitrogen and oxygen atoms in total. The molecule has 0 spiro atoms. The molecule has 1 aromatic heterocycles. The molecule has 100 valence electrons. The standard InChI is InChI=1S/C14H18N4O/c1-15-14-12-5-4-11(19-2)7-10(12)3-6-13(14)18-9-16-8-17-18/h4-5,7-9,13-15H,3,6H2,1-2H3. The fourth-order valence-electron chi connectivity index (χ4n) is 2.93. The normalized spacial score (nSPS) is 22.0. The molecule has 1 aromatic carbocycles. The first-order valence-corrected chi connectivity index (χ1v) is 6.51. The van der Waals surface area contributed by atoms with Gasteiger partial charge in [-0.25, -0.2) is 9.67 Å². The molecule has 1 aliphatic rings. The molecular weight excluding hydrogens is 240 g/mol. The van der Waals surface area contributed by atoms with E-state index >= 15 is 0 Å². The summed E-state index contributed by atoms with van der Waals surface area (Å²) in [6.45, 7) is 0. The van der Waals surface area contributed by atoms with Crippen molar-refractivity contribution in [1.82, 2.24) is 20.1 Å². The van der Waals surface area contributed by atoms with Crippen molar-refractivity contribution in [3.8, 4) is 5.75 Å². The van der Waals surface area contributed by atoms with Crippen LogP contribution in [-0.4, -0.2) is 28.9 Å². The lowest BCUT2D eigenvalue weighted by Crippen LogP contribution is -2.32. The number of hydrogen-bond acceptors (Lipinski definition) is 4. The Kier molecular flexibility index (Phi) is 3.21. The van der Waals surface area contributed by atoms with Crippen molar-refractivity contribution in [2.45, 2.75) is 24.9 Å². The molecule has 19 heavy (non-hydrogen) atoms. The minimum absolute atomic E-state index is 0.261. The van der Waals surface area contributed by atoms with Crippen LogP contribution in [-0.2, 0) is 6.42 Å². The number of rotatable bonds is 3. The first-order chi connectivity index (χ1) is 9.33. The molecule has 0 fully saturated rings. The average molecular weight is 258 g/mol. The summed E-state index contributed by atoms with van der Waals surface area (Å²) >= 11 is 0. The van der Waals surface area contributed by atoms with Crippen LogP contribution in [0.15, 0.2) is 30.9 Å². The average Bonchev–Trinajstić information content (AvgIpc) is 2.99. The van der Waals surface area contributed by atoms with Crippen LogP contribution in [0.5, 0.6) is 5.75 Å². The number of benzene rings is 1. The van der Waals surface area contributed by atoms with Gasteiger partial charge in [0.15, 0.2) is 0 Å². The van der Waals surface area contributed by atoms with Gasteiger partial charge in [-0.1, -0.05) is 6.07 Å². The summed E-state index contributed by atoms with van der Waals surface area (Å²) in [6, 6.07) is 6.88. The van der Waals surface area contributed by atoms with Crippen molar-refractivity contribution in [1.29, 1.82) is 0 Å². The Bertz CT molecular complexity index is 553. The van der Waals surface area contributed by atoms with Gasteiger partial charge in [0, 0.05) is 0 Å². The van der Waals surface area contributed by atoms with E-state index in [2.05, 4.69) is 27.5 Å². The summed E-state index contributed by atoms with van der Waals surface area (Å²) in [4.78, 5) is 4.05. The lowest BCUT2D eigenvalue weighted by molar-refractivity contribution is 0.307. The van der Waals surface area contributed by atoms with E-state index in [9.17, 15) is 0 Å². The van der Waals surface area contributed by atoms with Crippen molar-refractivity contribution in [3.63, 3.8) is 0 Å². The van der Waals surface area contributed by atoms with Crippen LogP contribution >= 0.6 is 0 Å². The van der Waals surface area contributed by atoms with Gasteiger partial charge in [-0.15, -0.1) is 0 Å². The number of likely N-dealkylation sites (N-methyl/N-ethyl adjacent to an activating group) is 1. The van der Waals surface area contributed by atoms with Gasteiger partial charge in [0.25, 0.3) is 0 Å². The summed E-state index contributed by atoms with van der Waals surface area (Å²) in [5, 5.41) is 7.69. The van der Waals surface area contributed by atoms with Crippen molar-refractivity contribution in [2.24, 2.45) is 0 Å². The second-order valence-corrected chi connectivity index (χ2v) is 4.81. The quantitative estimate of drug-likeness (QED) is 0.911. The zero-order valence-electron chi connectivity index (χ0n) is 11.2. The minimum Gasteiger partial charge on any atom is -0.497 e. The lowest BCUT2D eigenvalue weighted by Gasteiger charge is -2.33. The molecule has 0 radical (unpaired) electrons. The molecule has 5 heteroatoms. The number of hydrogen-bond donors (Lipinski definition) is 1. The van der Waals surface area contributed by atoms with Crippen molar-refractivity contribution >= 4 is 0 Å². The zero-order valence-corrected chi connectivity index (χ0v) is 11.2. The number of aryl methyl sites for hydroxylation is 1. The van der Waals surface area contributed by atoms with Crippen LogP contribution in [0.25, 0.3) is 0 Å².